The number of hydrogen-bond donors (Lipinski definition) is 1. The van der Waals surface area contributed by atoms with E-state index in [1.54, 1.807) is 0 Å². The molecular weight excluding hydrogens is 450 g/mol. The first-order chi connectivity index (χ1) is 17.8. The zero-order chi connectivity index (χ0) is 24.2. The standard InChI is InChI=1S/C28H35N7O/c1-3-8-24-20-34(14-10-22(24)6-1)27-30-26(29-12-5-13-33-16-18-36-19-17-33)31-28(32-27)35-15-11-23-7-2-4-9-25(23)21-35/h1-4,6-9H,5,10-21H2,(H,29,30,31,32). The van der Waals surface area contributed by atoms with E-state index in [1.807, 2.05) is 0 Å². The lowest BCUT2D eigenvalue weighted by molar-refractivity contribution is 0.0378. The number of nitrogens with one attached hydrogen (secondary N) is 1. The van der Waals surface area contributed by atoms with Crippen LogP contribution in [-0.4, -0.2) is 72.3 Å². The van der Waals surface area contributed by atoms with Crippen LogP contribution in [0.15, 0.2) is 48.5 Å². The van der Waals surface area contributed by atoms with Crippen LogP contribution in [0.4, 0.5) is 17.8 Å². The fraction of sp³-hybridized carbons (Fsp3) is 0.464. The van der Waals surface area contributed by atoms with Crippen LogP contribution in [0, 0.1) is 0 Å². The molecule has 0 atom stereocenters. The van der Waals surface area contributed by atoms with E-state index < -0.39 is 0 Å². The van der Waals surface area contributed by atoms with Gasteiger partial charge in [0.05, 0.1) is 13.2 Å². The molecule has 0 bridgehead atoms. The van der Waals surface area contributed by atoms with Crippen molar-refractivity contribution in [2.24, 2.45) is 0 Å². The average molecular weight is 486 g/mol. The zero-order valence-corrected chi connectivity index (χ0v) is 20.9. The van der Waals surface area contributed by atoms with E-state index in [2.05, 4.69) is 68.5 Å². The number of rotatable bonds is 7. The monoisotopic (exact) mass is 485 g/mol. The van der Waals surface area contributed by atoms with Gasteiger partial charge in [-0.15, -0.1) is 0 Å². The minimum Gasteiger partial charge on any atom is -0.379 e. The number of hydrogen-bond acceptors (Lipinski definition) is 8. The maximum absolute atomic E-state index is 5.47. The fourth-order valence-corrected chi connectivity index (χ4v) is 5.38. The first kappa shape index (κ1) is 23.2. The maximum atomic E-state index is 5.47. The van der Waals surface area contributed by atoms with Gasteiger partial charge in [0, 0.05) is 45.8 Å². The molecule has 8 heteroatoms. The van der Waals surface area contributed by atoms with Gasteiger partial charge in [-0.2, -0.15) is 15.0 Å². The number of nitrogens with zero attached hydrogens (tertiary/aromatic N) is 6. The summed E-state index contributed by atoms with van der Waals surface area (Å²) in [5.41, 5.74) is 5.57. The normalized spacial score (nSPS) is 18.0. The van der Waals surface area contributed by atoms with Gasteiger partial charge in [-0.05, 0) is 48.1 Å². The number of ether oxygens (including phenoxy) is 1. The van der Waals surface area contributed by atoms with Crippen LogP contribution >= 0.6 is 0 Å². The largest absolute Gasteiger partial charge is 0.379 e. The highest BCUT2D eigenvalue weighted by Gasteiger charge is 2.23. The van der Waals surface area contributed by atoms with E-state index in [1.165, 1.54) is 22.3 Å². The molecule has 0 aliphatic carbocycles. The highest BCUT2D eigenvalue weighted by atomic mass is 16.5. The van der Waals surface area contributed by atoms with Crippen LogP contribution < -0.4 is 15.1 Å². The van der Waals surface area contributed by atoms with Gasteiger partial charge >= 0.3 is 0 Å². The molecule has 4 heterocycles. The maximum Gasteiger partial charge on any atom is 0.232 e. The van der Waals surface area contributed by atoms with Crippen molar-refractivity contribution in [3.63, 3.8) is 0 Å². The number of aromatic nitrogens is 3. The van der Waals surface area contributed by atoms with Crippen molar-refractivity contribution in [3.05, 3.63) is 70.8 Å². The van der Waals surface area contributed by atoms with Crippen LogP contribution in [0.3, 0.4) is 0 Å². The smallest absolute Gasteiger partial charge is 0.232 e. The predicted octanol–water partition coefficient (Wildman–Crippen LogP) is 3.13. The van der Waals surface area contributed by atoms with Gasteiger partial charge in [-0.25, -0.2) is 0 Å². The molecular formula is C28H35N7O. The SMILES string of the molecule is c1ccc2c(c1)CCN(c1nc(NCCCN3CCOCC3)nc(N3CCc4ccccc4C3)n1)C2. The molecule has 3 aliphatic rings. The molecule has 1 aromatic heterocycles. The van der Waals surface area contributed by atoms with Crippen molar-refractivity contribution in [2.75, 3.05) is 67.6 Å². The summed E-state index contributed by atoms with van der Waals surface area (Å²) in [7, 11) is 0. The molecule has 0 unspecified atom stereocenters. The second-order valence-corrected chi connectivity index (χ2v) is 9.87. The molecule has 1 fully saturated rings. The summed E-state index contributed by atoms with van der Waals surface area (Å²) in [4.78, 5) is 21.8. The van der Waals surface area contributed by atoms with E-state index in [9.17, 15) is 0 Å². The number of benzene rings is 2. The first-order valence-corrected chi connectivity index (χ1v) is 13.3. The predicted molar refractivity (Wildman–Crippen MR) is 143 cm³/mol. The van der Waals surface area contributed by atoms with E-state index in [4.69, 9.17) is 19.7 Å². The molecule has 3 aromatic rings. The Bertz CT molecular complexity index is 1100. The average Bonchev–Trinajstić information content (AvgIpc) is 2.95. The molecule has 0 radical (unpaired) electrons. The van der Waals surface area contributed by atoms with Crippen molar-refractivity contribution in [1.82, 2.24) is 19.9 Å². The van der Waals surface area contributed by atoms with Crippen LogP contribution in [-0.2, 0) is 30.7 Å². The molecule has 36 heavy (non-hydrogen) atoms. The second kappa shape index (κ2) is 10.8. The summed E-state index contributed by atoms with van der Waals surface area (Å²) in [6, 6.07) is 17.4. The third-order valence-electron chi connectivity index (χ3n) is 7.48. The van der Waals surface area contributed by atoms with Crippen molar-refractivity contribution in [3.8, 4) is 0 Å². The van der Waals surface area contributed by atoms with E-state index in [0.717, 1.165) is 96.7 Å². The van der Waals surface area contributed by atoms with Crippen molar-refractivity contribution in [1.29, 1.82) is 0 Å². The Labute approximate surface area is 213 Å². The van der Waals surface area contributed by atoms with Crippen LogP contribution in [0.1, 0.15) is 28.7 Å². The van der Waals surface area contributed by atoms with Crippen molar-refractivity contribution in [2.45, 2.75) is 32.4 Å². The Morgan fingerprint density at radius 1 is 0.694 bits per heavy atom. The van der Waals surface area contributed by atoms with Gasteiger partial charge in [0.15, 0.2) is 0 Å². The molecule has 0 saturated carbocycles. The molecule has 2 aromatic carbocycles. The lowest BCUT2D eigenvalue weighted by atomic mass is 10.0. The lowest BCUT2D eigenvalue weighted by Gasteiger charge is -2.32. The minimum atomic E-state index is 0.676. The van der Waals surface area contributed by atoms with Crippen molar-refractivity contribution >= 4 is 17.8 Å². The van der Waals surface area contributed by atoms with Gasteiger partial charge in [-0.3, -0.25) is 4.90 Å². The molecule has 8 nitrogen and oxygen atoms in total. The number of morpholine rings is 1. The molecule has 6 rings (SSSR count). The highest BCUT2D eigenvalue weighted by Crippen LogP contribution is 2.27. The molecule has 3 aliphatic heterocycles. The molecule has 188 valence electrons. The van der Waals surface area contributed by atoms with E-state index in [-0.39, 0.29) is 0 Å². The van der Waals surface area contributed by atoms with E-state index >= 15 is 0 Å². The first-order valence-electron chi connectivity index (χ1n) is 13.3. The Morgan fingerprint density at radius 3 is 1.83 bits per heavy atom. The second-order valence-electron chi connectivity index (χ2n) is 9.87. The Kier molecular flexibility index (Phi) is 6.96. The molecule has 1 saturated heterocycles. The number of fused-ring (bicyclic) bond motifs is 2. The third kappa shape index (κ3) is 5.29. The summed E-state index contributed by atoms with van der Waals surface area (Å²) >= 11 is 0. The zero-order valence-electron chi connectivity index (χ0n) is 20.9. The summed E-state index contributed by atoms with van der Waals surface area (Å²) in [6.45, 7) is 9.12. The molecule has 0 spiro atoms. The third-order valence-corrected chi connectivity index (χ3v) is 7.48. The quantitative estimate of drug-likeness (QED) is 0.512. The van der Waals surface area contributed by atoms with Gasteiger partial charge in [0.1, 0.15) is 0 Å². The summed E-state index contributed by atoms with van der Waals surface area (Å²) < 4.78 is 5.47. The summed E-state index contributed by atoms with van der Waals surface area (Å²) in [5, 5.41) is 3.51. The fourth-order valence-electron chi connectivity index (χ4n) is 5.38. The minimum absolute atomic E-state index is 0.676. The van der Waals surface area contributed by atoms with Crippen molar-refractivity contribution < 1.29 is 4.74 Å². The Hall–Kier alpha value is -3.23. The van der Waals surface area contributed by atoms with Gasteiger partial charge in [0.2, 0.25) is 17.8 Å². The number of anilines is 3. The van der Waals surface area contributed by atoms with Gasteiger partial charge in [-0.1, -0.05) is 48.5 Å². The highest BCUT2D eigenvalue weighted by molar-refractivity contribution is 5.49. The van der Waals surface area contributed by atoms with Gasteiger partial charge < -0.3 is 19.9 Å². The van der Waals surface area contributed by atoms with E-state index in [0.29, 0.717) is 5.95 Å². The van der Waals surface area contributed by atoms with Crippen LogP contribution in [0.5, 0.6) is 0 Å². The molecule has 1 N–H and O–H groups in total. The Morgan fingerprint density at radius 2 is 1.25 bits per heavy atom. The Balaban J connectivity index is 1.20. The lowest BCUT2D eigenvalue weighted by Crippen LogP contribution is -2.37. The summed E-state index contributed by atoms with van der Waals surface area (Å²) in [5.74, 6) is 2.21. The van der Waals surface area contributed by atoms with Crippen LogP contribution in [0.2, 0.25) is 0 Å². The summed E-state index contributed by atoms with van der Waals surface area (Å²) in [6.07, 6.45) is 3.07. The van der Waals surface area contributed by atoms with Crippen LogP contribution in [0.25, 0.3) is 0 Å². The topological polar surface area (TPSA) is 69.7 Å². The van der Waals surface area contributed by atoms with Gasteiger partial charge in [0.25, 0.3) is 0 Å². The molecule has 0 amide bonds.